The molecule has 0 saturated heterocycles. The number of nitrogens with one attached hydrogen (secondary N) is 1. The Balaban J connectivity index is 2.35. The third-order valence-corrected chi connectivity index (χ3v) is 2.15. The van der Waals surface area contributed by atoms with Gasteiger partial charge >= 0.3 is 0 Å². The first-order valence-corrected chi connectivity index (χ1v) is 4.85. The molecule has 1 aromatic rings. The lowest BCUT2D eigenvalue weighted by Gasteiger charge is -2.10. The van der Waals surface area contributed by atoms with Crippen LogP contribution >= 0.6 is 0 Å². The van der Waals surface area contributed by atoms with Crippen LogP contribution in [0.5, 0.6) is 5.75 Å². The number of aliphatic hydroxyl groups excluding tert-OH is 1. The number of hydrogen-bond acceptors (Lipinski definition) is 3. The zero-order chi connectivity index (χ0) is 10.4. The molecule has 0 amide bonds. The fourth-order valence-corrected chi connectivity index (χ4v) is 1.24. The maximum Gasteiger partial charge on any atom is 0.118 e. The van der Waals surface area contributed by atoms with Crippen molar-refractivity contribution in [1.82, 2.24) is 5.32 Å². The molecular formula is C11H17NO2. The van der Waals surface area contributed by atoms with Crippen molar-refractivity contribution in [1.29, 1.82) is 0 Å². The van der Waals surface area contributed by atoms with E-state index in [2.05, 4.69) is 5.32 Å². The van der Waals surface area contributed by atoms with Gasteiger partial charge in [0.05, 0.1) is 6.61 Å². The largest absolute Gasteiger partial charge is 0.508 e. The predicted octanol–water partition coefficient (Wildman–Crippen LogP) is 0.905. The molecule has 14 heavy (non-hydrogen) atoms. The summed E-state index contributed by atoms with van der Waals surface area (Å²) in [4.78, 5) is 0. The Bertz CT molecular complexity index is 276. The molecule has 0 spiro atoms. The third kappa shape index (κ3) is 3.36. The molecule has 0 saturated carbocycles. The van der Waals surface area contributed by atoms with Crippen LogP contribution < -0.4 is 5.32 Å². The molecule has 0 fully saturated rings. The Morgan fingerprint density at radius 1 is 1.36 bits per heavy atom. The molecule has 3 N–H and O–H groups in total. The number of benzene rings is 1. The first-order valence-electron chi connectivity index (χ1n) is 4.85. The summed E-state index contributed by atoms with van der Waals surface area (Å²) >= 11 is 0. The van der Waals surface area contributed by atoms with Gasteiger partial charge in [0.1, 0.15) is 5.75 Å². The van der Waals surface area contributed by atoms with Crippen LogP contribution in [-0.4, -0.2) is 29.4 Å². The van der Waals surface area contributed by atoms with Gasteiger partial charge in [-0.25, -0.2) is 0 Å². The fraction of sp³-hybridized carbons (Fsp3) is 0.455. The van der Waals surface area contributed by atoms with Crippen molar-refractivity contribution in [2.75, 3.05) is 13.2 Å². The molecule has 0 aromatic heterocycles. The maximum atomic E-state index is 9.46. The van der Waals surface area contributed by atoms with Gasteiger partial charge in [-0.1, -0.05) is 18.2 Å². The van der Waals surface area contributed by atoms with Crippen LogP contribution in [0.2, 0.25) is 0 Å². The normalized spacial score (nSPS) is 12.7. The molecule has 0 aliphatic rings. The van der Waals surface area contributed by atoms with E-state index in [0.717, 1.165) is 18.5 Å². The van der Waals surface area contributed by atoms with Gasteiger partial charge in [0.2, 0.25) is 0 Å². The van der Waals surface area contributed by atoms with E-state index in [1.165, 1.54) is 0 Å². The highest BCUT2D eigenvalue weighted by molar-refractivity contribution is 5.31. The molecule has 78 valence electrons. The molecule has 0 bridgehead atoms. The van der Waals surface area contributed by atoms with Crippen LogP contribution in [0.15, 0.2) is 24.3 Å². The summed E-state index contributed by atoms with van der Waals surface area (Å²) in [6.07, 6.45) is 0.775. The Morgan fingerprint density at radius 3 is 2.71 bits per heavy atom. The van der Waals surface area contributed by atoms with Crippen LogP contribution in [0, 0.1) is 0 Å². The zero-order valence-corrected chi connectivity index (χ0v) is 8.40. The van der Waals surface area contributed by atoms with E-state index in [4.69, 9.17) is 5.11 Å². The van der Waals surface area contributed by atoms with Gasteiger partial charge in [0, 0.05) is 6.04 Å². The lowest BCUT2D eigenvalue weighted by atomic mass is 10.1. The van der Waals surface area contributed by atoms with Gasteiger partial charge in [-0.05, 0) is 31.5 Å². The minimum atomic E-state index is 0.112. The molecule has 3 heteroatoms. The van der Waals surface area contributed by atoms with E-state index in [1.54, 1.807) is 6.07 Å². The van der Waals surface area contributed by atoms with Crippen molar-refractivity contribution >= 4 is 0 Å². The van der Waals surface area contributed by atoms with E-state index in [1.807, 2.05) is 25.1 Å². The van der Waals surface area contributed by atoms with Crippen molar-refractivity contribution in [3.8, 4) is 5.75 Å². The number of aliphatic hydroxyl groups is 1. The van der Waals surface area contributed by atoms with E-state index in [0.29, 0.717) is 5.75 Å². The summed E-state index contributed by atoms with van der Waals surface area (Å²) < 4.78 is 0. The quantitative estimate of drug-likeness (QED) is 0.654. The third-order valence-electron chi connectivity index (χ3n) is 2.15. The molecule has 0 aliphatic heterocycles. The summed E-state index contributed by atoms with van der Waals surface area (Å²) in [6, 6.07) is 7.42. The number of phenolic OH excluding ortho intramolecular Hbond substituents is 1. The van der Waals surface area contributed by atoms with Crippen molar-refractivity contribution in [2.24, 2.45) is 0 Å². The lowest BCUT2D eigenvalue weighted by molar-refractivity contribution is 0.252. The first kappa shape index (κ1) is 11.0. The molecule has 0 heterocycles. The number of rotatable bonds is 5. The van der Waals surface area contributed by atoms with E-state index in [9.17, 15) is 5.11 Å². The monoisotopic (exact) mass is 195 g/mol. The molecule has 1 rings (SSSR count). The van der Waals surface area contributed by atoms with Crippen LogP contribution in [0.4, 0.5) is 0 Å². The van der Waals surface area contributed by atoms with Crippen LogP contribution in [0.1, 0.15) is 12.5 Å². The number of phenols is 1. The second-order valence-corrected chi connectivity index (χ2v) is 3.42. The first-order chi connectivity index (χ1) is 6.74. The SMILES string of the molecule is CC(CO)NCCc1ccccc1O. The van der Waals surface area contributed by atoms with Crippen molar-refractivity contribution in [3.63, 3.8) is 0 Å². The van der Waals surface area contributed by atoms with Crippen LogP contribution in [-0.2, 0) is 6.42 Å². The lowest BCUT2D eigenvalue weighted by Crippen LogP contribution is -2.30. The topological polar surface area (TPSA) is 52.5 Å². The van der Waals surface area contributed by atoms with Gasteiger partial charge in [-0.3, -0.25) is 0 Å². The van der Waals surface area contributed by atoms with Gasteiger partial charge in [0.25, 0.3) is 0 Å². The van der Waals surface area contributed by atoms with Crippen molar-refractivity contribution < 1.29 is 10.2 Å². The van der Waals surface area contributed by atoms with E-state index >= 15 is 0 Å². The van der Waals surface area contributed by atoms with Crippen LogP contribution in [0.25, 0.3) is 0 Å². The summed E-state index contributed by atoms with van der Waals surface area (Å²) in [5.74, 6) is 0.339. The highest BCUT2D eigenvalue weighted by Crippen LogP contribution is 2.15. The highest BCUT2D eigenvalue weighted by atomic mass is 16.3. The van der Waals surface area contributed by atoms with E-state index in [-0.39, 0.29) is 12.6 Å². The maximum absolute atomic E-state index is 9.46. The summed E-state index contributed by atoms with van der Waals surface area (Å²) in [7, 11) is 0. The minimum absolute atomic E-state index is 0.112. The minimum Gasteiger partial charge on any atom is -0.508 e. The zero-order valence-electron chi connectivity index (χ0n) is 8.40. The summed E-state index contributed by atoms with van der Waals surface area (Å²) in [6.45, 7) is 2.82. The molecule has 1 atom stereocenters. The fourth-order valence-electron chi connectivity index (χ4n) is 1.24. The average Bonchev–Trinajstić information content (AvgIpc) is 2.20. The number of aromatic hydroxyl groups is 1. The second kappa shape index (κ2) is 5.62. The molecule has 0 radical (unpaired) electrons. The predicted molar refractivity (Wildman–Crippen MR) is 56.4 cm³/mol. The Labute approximate surface area is 84.4 Å². The number of hydrogen-bond donors (Lipinski definition) is 3. The second-order valence-electron chi connectivity index (χ2n) is 3.42. The average molecular weight is 195 g/mol. The Morgan fingerprint density at radius 2 is 2.07 bits per heavy atom. The summed E-state index contributed by atoms with van der Waals surface area (Å²) in [5.41, 5.74) is 0.935. The standard InChI is InChI=1S/C11H17NO2/c1-9(8-13)12-7-6-10-4-2-3-5-11(10)14/h2-5,9,12-14H,6-8H2,1H3. The molecular weight excluding hydrogens is 178 g/mol. The smallest absolute Gasteiger partial charge is 0.118 e. The Hall–Kier alpha value is -1.06. The molecule has 1 aromatic carbocycles. The number of para-hydroxylation sites is 1. The molecule has 0 aliphatic carbocycles. The van der Waals surface area contributed by atoms with Crippen molar-refractivity contribution in [3.05, 3.63) is 29.8 Å². The molecule has 1 unspecified atom stereocenters. The molecule has 3 nitrogen and oxygen atoms in total. The van der Waals surface area contributed by atoms with Gasteiger partial charge in [-0.2, -0.15) is 0 Å². The van der Waals surface area contributed by atoms with E-state index < -0.39 is 0 Å². The summed E-state index contributed by atoms with van der Waals surface area (Å²) in [5, 5.41) is 21.4. The highest BCUT2D eigenvalue weighted by Gasteiger charge is 2.01. The van der Waals surface area contributed by atoms with Crippen LogP contribution in [0.3, 0.4) is 0 Å². The van der Waals surface area contributed by atoms with Crippen molar-refractivity contribution in [2.45, 2.75) is 19.4 Å². The van der Waals surface area contributed by atoms with Gasteiger partial charge < -0.3 is 15.5 Å². The van der Waals surface area contributed by atoms with Gasteiger partial charge in [-0.15, -0.1) is 0 Å². The van der Waals surface area contributed by atoms with Gasteiger partial charge in [0.15, 0.2) is 0 Å². The Kier molecular flexibility index (Phi) is 4.43.